The lowest BCUT2D eigenvalue weighted by Gasteiger charge is -2.27. The van der Waals surface area contributed by atoms with Crippen molar-refractivity contribution in [3.8, 4) is 10.6 Å². The number of benzene rings is 1. The number of anilines is 1. The van der Waals surface area contributed by atoms with Crippen LogP contribution in [0.25, 0.3) is 10.6 Å². The zero-order valence-corrected chi connectivity index (χ0v) is 18.2. The second kappa shape index (κ2) is 11.0. The zero-order valence-electron chi connectivity index (χ0n) is 17.4. The molecular formula is C21H27N5O4S. The third kappa shape index (κ3) is 5.86. The van der Waals surface area contributed by atoms with Gasteiger partial charge in [0.15, 0.2) is 0 Å². The molecule has 9 nitrogen and oxygen atoms in total. The van der Waals surface area contributed by atoms with Crippen LogP contribution in [-0.2, 0) is 14.4 Å². The van der Waals surface area contributed by atoms with Gasteiger partial charge in [0.1, 0.15) is 11.0 Å². The predicted octanol–water partition coefficient (Wildman–Crippen LogP) is 2.84. The van der Waals surface area contributed by atoms with E-state index in [2.05, 4.69) is 15.5 Å². The number of unbranched alkanes of at least 4 members (excludes halogenated alkanes) is 1. The lowest BCUT2D eigenvalue weighted by molar-refractivity contribution is -0.143. The van der Waals surface area contributed by atoms with Crippen molar-refractivity contribution >= 4 is 34.2 Å². The first-order valence-electron chi connectivity index (χ1n) is 10.5. The van der Waals surface area contributed by atoms with Gasteiger partial charge in [-0.25, -0.2) is 5.48 Å². The number of hydroxylamine groups is 1. The van der Waals surface area contributed by atoms with Crippen LogP contribution in [-0.4, -0.2) is 50.6 Å². The van der Waals surface area contributed by atoms with E-state index in [9.17, 15) is 14.4 Å². The molecule has 0 spiro atoms. The Balaban J connectivity index is 1.67. The Hall–Kier alpha value is -2.85. The molecule has 0 radical (unpaired) electrons. The van der Waals surface area contributed by atoms with Crippen LogP contribution in [0.2, 0.25) is 0 Å². The molecule has 2 unspecified atom stereocenters. The summed E-state index contributed by atoms with van der Waals surface area (Å²) < 4.78 is 0. The maximum absolute atomic E-state index is 13.1. The summed E-state index contributed by atoms with van der Waals surface area (Å²) in [5.41, 5.74) is 2.51. The number of carbonyl (C=O) groups excluding carboxylic acids is 3. The first kappa shape index (κ1) is 22.8. The fraction of sp³-hybridized carbons (Fsp3) is 0.476. The van der Waals surface area contributed by atoms with Gasteiger partial charge in [0.2, 0.25) is 22.9 Å². The molecule has 0 saturated carbocycles. The van der Waals surface area contributed by atoms with Crippen LogP contribution in [0.5, 0.6) is 0 Å². The van der Waals surface area contributed by atoms with E-state index in [0.717, 1.165) is 18.4 Å². The largest absolute Gasteiger partial charge is 0.330 e. The van der Waals surface area contributed by atoms with Gasteiger partial charge in [-0.05, 0) is 19.3 Å². The minimum absolute atomic E-state index is 0.100. The number of amides is 3. The molecule has 1 saturated heterocycles. The summed E-state index contributed by atoms with van der Waals surface area (Å²) in [4.78, 5) is 39.2. The van der Waals surface area contributed by atoms with Crippen LogP contribution < -0.4 is 10.8 Å². The Bertz CT molecular complexity index is 904. The van der Waals surface area contributed by atoms with E-state index in [-0.39, 0.29) is 18.2 Å². The number of hydrogen-bond donors (Lipinski definition) is 3. The van der Waals surface area contributed by atoms with Gasteiger partial charge in [-0.15, -0.1) is 10.2 Å². The molecule has 31 heavy (non-hydrogen) atoms. The molecule has 1 aliphatic heterocycles. The summed E-state index contributed by atoms with van der Waals surface area (Å²) in [6, 6.07) is 8.95. The van der Waals surface area contributed by atoms with Gasteiger partial charge in [-0.2, -0.15) is 0 Å². The Labute approximate surface area is 184 Å². The highest BCUT2D eigenvalue weighted by atomic mass is 32.1. The lowest BCUT2D eigenvalue weighted by Crippen LogP contribution is -2.46. The predicted molar refractivity (Wildman–Crippen MR) is 116 cm³/mol. The molecule has 1 aromatic carbocycles. The second-order valence-corrected chi connectivity index (χ2v) is 8.51. The van der Waals surface area contributed by atoms with Crippen LogP contribution in [0.15, 0.2) is 30.3 Å². The maximum atomic E-state index is 13.1. The third-order valence-electron chi connectivity index (χ3n) is 5.33. The smallest absolute Gasteiger partial charge is 0.249 e. The molecule has 166 valence electrons. The van der Waals surface area contributed by atoms with Crippen LogP contribution in [0.3, 0.4) is 0 Å². The van der Waals surface area contributed by atoms with Gasteiger partial charge in [-0.3, -0.25) is 24.9 Å². The fourth-order valence-electron chi connectivity index (χ4n) is 3.73. The van der Waals surface area contributed by atoms with E-state index in [0.29, 0.717) is 35.9 Å². The topological polar surface area (TPSA) is 125 Å². The molecule has 1 fully saturated rings. The molecule has 1 aromatic heterocycles. The van der Waals surface area contributed by atoms with E-state index in [4.69, 9.17) is 5.21 Å². The summed E-state index contributed by atoms with van der Waals surface area (Å²) in [7, 11) is 0. The van der Waals surface area contributed by atoms with Gasteiger partial charge in [0.25, 0.3) is 0 Å². The standard InChI is InChI=1S/C21H27N5O4S/c1-2-3-8-15(13-17(27)25-30)20(29)26-12-7-11-16(26)18(28)22-21-24-23-19(31-21)14-9-5-4-6-10-14/h4-6,9-10,15-16,30H,2-3,7-8,11-13H2,1H3,(H,25,27)(H,22,24,28). The van der Waals surface area contributed by atoms with Gasteiger partial charge < -0.3 is 4.90 Å². The fourth-order valence-corrected chi connectivity index (χ4v) is 4.48. The molecule has 0 bridgehead atoms. The number of rotatable bonds is 9. The summed E-state index contributed by atoms with van der Waals surface area (Å²) in [5, 5.41) is 20.9. The highest BCUT2D eigenvalue weighted by Gasteiger charge is 2.37. The summed E-state index contributed by atoms with van der Waals surface area (Å²) >= 11 is 1.27. The number of carbonyl (C=O) groups is 3. The second-order valence-electron chi connectivity index (χ2n) is 7.54. The molecule has 3 rings (SSSR count). The molecule has 3 N–H and O–H groups in total. The average molecular weight is 446 g/mol. The van der Waals surface area contributed by atoms with Crippen LogP contribution in [0.1, 0.15) is 45.4 Å². The molecule has 3 amide bonds. The molecule has 2 heterocycles. The Morgan fingerprint density at radius 1 is 1.26 bits per heavy atom. The van der Waals surface area contributed by atoms with Crippen molar-refractivity contribution in [2.75, 3.05) is 11.9 Å². The zero-order chi connectivity index (χ0) is 22.2. The lowest BCUT2D eigenvalue weighted by atomic mass is 9.96. The van der Waals surface area contributed by atoms with E-state index in [1.165, 1.54) is 11.3 Å². The van der Waals surface area contributed by atoms with E-state index in [1.54, 1.807) is 10.4 Å². The van der Waals surface area contributed by atoms with Crippen molar-refractivity contribution in [3.05, 3.63) is 30.3 Å². The van der Waals surface area contributed by atoms with Gasteiger partial charge >= 0.3 is 0 Å². The molecule has 2 atom stereocenters. The van der Waals surface area contributed by atoms with E-state index < -0.39 is 17.9 Å². The minimum Gasteiger partial charge on any atom is -0.330 e. The van der Waals surface area contributed by atoms with E-state index >= 15 is 0 Å². The molecular weight excluding hydrogens is 418 g/mol. The Kier molecular flexibility index (Phi) is 8.07. The molecule has 2 aromatic rings. The van der Waals surface area contributed by atoms with Crippen molar-refractivity contribution in [1.82, 2.24) is 20.6 Å². The average Bonchev–Trinajstić information content (AvgIpc) is 3.46. The van der Waals surface area contributed by atoms with Crippen molar-refractivity contribution in [2.45, 2.75) is 51.5 Å². The van der Waals surface area contributed by atoms with Gasteiger partial charge in [-0.1, -0.05) is 61.4 Å². The maximum Gasteiger partial charge on any atom is 0.249 e. The van der Waals surface area contributed by atoms with Crippen molar-refractivity contribution < 1.29 is 19.6 Å². The highest BCUT2D eigenvalue weighted by molar-refractivity contribution is 7.18. The molecule has 1 aliphatic rings. The van der Waals surface area contributed by atoms with Gasteiger partial charge in [0, 0.05) is 24.4 Å². The number of hydrogen-bond acceptors (Lipinski definition) is 7. The van der Waals surface area contributed by atoms with Crippen molar-refractivity contribution in [1.29, 1.82) is 0 Å². The van der Waals surface area contributed by atoms with Crippen LogP contribution in [0, 0.1) is 5.92 Å². The number of nitrogens with one attached hydrogen (secondary N) is 2. The number of likely N-dealkylation sites (tertiary alicyclic amines) is 1. The summed E-state index contributed by atoms with van der Waals surface area (Å²) in [6.07, 6.45) is 3.36. The Morgan fingerprint density at radius 3 is 2.74 bits per heavy atom. The van der Waals surface area contributed by atoms with Crippen molar-refractivity contribution in [3.63, 3.8) is 0 Å². The van der Waals surface area contributed by atoms with Crippen molar-refractivity contribution in [2.24, 2.45) is 5.92 Å². The SMILES string of the molecule is CCCCC(CC(=O)NO)C(=O)N1CCCC1C(=O)Nc1nnc(-c2ccccc2)s1. The first-order chi connectivity index (χ1) is 15.0. The van der Waals surface area contributed by atoms with Gasteiger partial charge in [0.05, 0.1) is 0 Å². The van der Waals surface area contributed by atoms with E-state index in [1.807, 2.05) is 37.3 Å². The quantitative estimate of drug-likeness (QED) is 0.403. The highest BCUT2D eigenvalue weighted by Crippen LogP contribution is 2.28. The van der Waals surface area contributed by atoms with Crippen LogP contribution >= 0.6 is 11.3 Å². The normalized spacial score (nSPS) is 16.7. The third-order valence-corrected chi connectivity index (χ3v) is 6.21. The monoisotopic (exact) mass is 445 g/mol. The van der Waals surface area contributed by atoms with Crippen LogP contribution in [0.4, 0.5) is 5.13 Å². The number of aromatic nitrogens is 2. The molecule has 10 heteroatoms. The number of nitrogens with zero attached hydrogens (tertiary/aromatic N) is 3. The molecule has 0 aliphatic carbocycles. The first-order valence-corrected chi connectivity index (χ1v) is 11.3. The summed E-state index contributed by atoms with van der Waals surface area (Å²) in [5.74, 6) is -1.69. The Morgan fingerprint density at radius 2 is 2.03 bits per heavy atom. The summed E-state index contributed by atoms with van der Waals surface area (Å²) in [6.45, 7) is 2.47. The minimum atomic E-state index is -0.613.